The Balaban J connectivity index is 2.20. The lowest BCUT2D eigenvalue weighted by Gasteiger charge is -2.15. The summed E-state index contributed by atoms with van der Waals surface area (Å²) in [5.74, 6) is 0. The number of benzene rings is 1. The van der Waals surface area contributed by atoms with Gasteiger partial charge in [-0.15, -0.1) is 11.8 Å². The lowest BCUT2D eigenvalue weighted by molar-refractivity contribution is 0.729. The van der Waals surface area contributed by atoms with E-state index in [9.17, 15) is 4.79 Å². The lowest BCUT2D eigenvalue weighted by Crippen LogP contribution is -2.24. The Hall–Kier alpha value is -1.20. The molecule has 5 heteroatoms. The standard InChI is InChI=1S/C17H20N2OS2/c1-10(2)21-17-18-14-9-12(4)22-15(14)16(20)19(17)13-7-5-11(3)6-8-13/h5-8,10,12H,9H2,1-4H3/t12-/m0/s1. The maximum absolute atomic E-state index is 13.0. The monoisotopic (exact) mass is 332 g/mol. The molecule has 2 heterocycles. The van der Waals surface area contributed by atoms with Crippen molar-refractivity contribution in [2.24, 2.45) is 0 Å². The Morgan fingerprint density at radius 1 is 1.32 bits per heavy atom. The fourth-order valence-corrected chi connectivity index (χ4v) is 4.49. The van der Waals surface area contributed by atoms with Crippen LogP contribution in [0.1, 0.15) is 32.0 Å². The normalized spacial score (nSPS) is 17.0. The second kappa shape index (κ2) is 6.13. The number of nitrogens with zero attached hydrogens (tertiary/aromatic N) is 2. The van der Waals surface area contributed by atoms with Gasteiger partial charge < -0.3 is 0 Å². The van der Waals surface area contributed by atoms with Gasteiger partial charge >= 0.3 is 0 Å². The quantitative estimate of drug-likeness (QED) is 0.627. The van der Waals surface area contributed by atoms with Crippen LogP contribution in [0.5, 0.6) is 0 Å². The molecule has 1 aliphatic heterocycles. The predicted octanol–water partition coefficient (Wildman–Crippen LogP) is 4.08. The van der Waals surface area contributed by atoms with E-state index in [-0.39, 0.29) is 5.56 Å². The fraction of sp³-hybridized carbons (Fsp3) is 0.412. The highest BCUT2D eigenvalue weighted by atomic mass is 32.2. The smallest absolute Gasteiger partial charge is 0.268 e. The van der Waals surface area contributed by atoms with Crippen LogP contribution in [0.4, 0.5) is 0 Å². The average molecular weight is 332 g/mol. The number of hydrogen-bond acceptors (Lipinski definition) is 4. The van der Waals surface area contributed by atoms with Gasteiger partial charge in [0.1, 0.15) is 0 Å². The average Bonchev–Trinajstić information content (AvgIpc) is 2.81. The number of aryl methyl sites for hydroxylation is 1. The zero-order chi connectivity index (χ0) is 15.9. The first-order valence-corrected chi connectivity index (χ1v) is 9.28. The van der Waals surface area contributed by atoms with Crippen molar-refractivity contribution in [3.63, 3.8) is 0 Å². The molecule has 1 aromatic heterocycles. The zero-order valence-electron chi connectivity index (χ0n) is 13.3. The molecule has 22 heavy (non-hydrogen) atoms. The summed E-state index contributed by atoms with van der Waals surface area (Å²) < 4.78 is 1.77. The summed E-state index contributed by atoms with van der Waals surface area (Å²) in [5, 5.41) is 1.62. The van der Waals surface area contributed by atoms with Gasteiger partial charge in [0.2, 0.25) is 0 Å². The molecule has 0 fully saturated rings. The van der Waals surface area contributed by atoms with E-state index in [2.05, 4.69) is 27.7 Å². The van der Waals surface area contributed by atoms with E-state index >= 15 is 0 Å². The van der Waals surface area contributed by atoms with Crippen LogP contribution in [0.25, 0.3) is 5.69 Å². The molecule has 1 aliphatic rings. The highest BCUT2D eigenvalue weighted by Gasteiger charge is 2.27. The van der Waals surface area contributed by atoms with Crippen molar-refractivity contribution in [1.29, 1.82) is 0 Å². The number of aromatic nitrogens is 2. The van der Waals surface area contributed by atoms with Gasteiger partial charge in [0.05, 0.1) is 16.3 Å². The third-order valence-corrected chi connectivity index (χ3v) is 5.69. The molecule has 0 saturated heterocycles. The topological polar surface area (TPSA) is 34.9 Å². The third-order valence-electron chi connectivity index (χ3n) is 3.51. The van der Waals surface area contributed by atoms with Crippen molar-refractivity contribution < 1.29 is 0 Å². The van der Waals surface area contributed by atoms with E-state index in [1.807, 2.05) is 24.3 Å². The molecule has 116 valence electrons. The molecule has 0 aliphatic carbocycles. The molecule has 0 bridgehead atoms. The maximum atomic E-state index is 13.0. The molecule has 0 unspecified atom stereocenters. The summed E-state index contributed by atoms with van der Waals surface area (Å²) in [7, 11) is 0. The van der Waals surface area contributed by atoms with Gasteiger partial charge in [-0.2, -0.15) is 0 Å². The van der Waals surface area contributed by atoms with E-state index < -0.39 is 0 Å². The molecule has 2 aromatic rings. The van der Waals surface area contributed by atoms with Crippen LogP contribution in [-0.2, 0) is 6.42 Å². The SMILES string of the molecule is Cc1ccc(-n2c(SC(C)C)nc3c(c2=O)S[C@@H](C)C3)cc1. The summed E-state index contributed by atoms with van der Waals surface area (Å²) in [6.07, 6.45) is 0.885. The fourth-order valence-electron chi connectivity index (χ4n) is 2.51. The van der Waals surface area contributed by atoms with Gasteiger partial charge in [-0.3, -0.25) is 9.36 Å². The van der Waals surface area contributed by atoms with Gasteiger partial charge in [-0.1, -0.05) is 50.2 Å². The van der Waals surface area contributed by atoms with Gasteiger partial charge in [0.25, 0.3) is 5.56 Å². The molecule has 0 N–H and O–H groups in total. The van der Waals surface area contributed by atoms with E-state index in [0.717, 1.165) is 27.9 Å². The van der Waals surface area contributed by atoms with Gasteiger partial charge in [0, 0.05) is 16.9 Å². The Bertz CT molecular complexity index is 750. The zero-order valence-corrected chi connectivity index (χ0v) is 14.9. The van der Waals surface area contributed by atoms with E-state index in [1.54, 1.807) is 28.1 Å². The highest BCUT2D eigenvalue weighted by molar-refractivity contribution is 8.00. The molecular weight excluding hydrogens is 312 g/mol. The van der Waals surface area contributed by atoms with E-state index in [0.29, 0.717) is 10.5 Å². The molecule has 1 atom stereocenters. The maximum Gasteiger partial charge on any atom is 0.272 e. The van der Waals surface area contributed by atoms with Gasteiger partial charge in [0.15, 0.2) is 5.16 Å². The van der Waals surface area contributed by atoms with Crippen LogP contribution in [0.15, 0.2) is 39.1 Å². The largest absolute Gasteiger partial charge is 0.272 e. The Morgan fingerprint density at radius 3 is 2.64 bits per heavy atom. The number of thioether (sulfide) groups is 2. The van der Waals surface area contributed by atoms with Crippen LogP contribution < -0.4 is 5.56 Å². The second-order valence-electron chi connectivity index (χ2n) is 5.95. The van der Waals surface area contributed by atoms with E-state index in [4.69, 9.17) is 4.98 Å². The Kier molecular flexibility index (Phi) is 4.37. The van der Waals surface area contributed by atoms with Crippen LogP contribution >= 0.6 is 23.5 Å². The molecule has 0 spiro atoms. The third kappa shape index (κ3) is 2.97. The minimum absolute atomic E-state index is 0.0753. The van der Waals surface area contributed by atoms with Crippen LogP contribution in [0.3, 0.4) is 0 Å². The molecule has 3 rings (SSSR count). The van der Waals surface area contributed by atoms with Crippen molar-refractivity contribution in [1.82, 2.24) is 9.55 Å². The molecule has 0 radical (unpaired) electrons. The summed E-state index contributed by atoms with van der Waals surface area (Å²) in [6, 6.07) is 8.07. The minimum Gasteiger partial charge on any atom is -0.268 e. The molecule has 0 amide bonds. The number of hydrogen-bond donors (Lipinski definition) is 0. The molecule has 0 saturated carbocycles. The van der Waals surface area contributed by atoms with Crippen molar-refractivity contribution in [3.05, 3.63) is 45.9 Å². The number of fused-ring (bicyclic) bond motifs is 1. The minimum atomic E-state index is 0.0753. The lowest BCUT2D eigenvalue weighted by atomic mass is 10.2. The Morgan fingerprint density at radius 2 is 2.00 bits per heavy atom. The van der Waals surface area contributed by atoms with E-state index in [1.165, 1.54) is 5.56 Å². The Labute approximate surface area is 139 Å². The predicted molar refractivity (Wildman–Crippen MR) is 94.6 cm³/mol. The number of rotatable bonds is 3. The highest BCUT2D eigenvalue weighted by Crippen LogP contribution is 2.35. The van der Waals surface area contributed by atoms with Crippen LogP contribution in [0.2, 0.25) is 0 Å². The van der Waals surface area contributed by atoms with Gasteiger partial charge in [-0.05, 0) is 19.1 Å². The summed E-state index contributed by atoms with van der Waals surface area (Å²) in [6.45, 7) is 8.45. The van der Waals surface area contributed by atoms with Gasteiger partial charge in [-0.25, -0.2) is 4.98 Å². The first-order valence-electron chi connectivity index (χ1n) is 7.52. The van der Waals surface area contributed by atoms with Crippen molar-refractivity contribution in [3.8, 4) is 5.69 Å². The van der Waals surface area contributed by atoms with Crippen molar-refractivity contribution in [2.45, 2.75) is 54.7 Å². The first kappa shape index (κ1) is 15.7. The first-order chi connectivity index (χ1) is 10.5. The second-order valence-corrected chi connectivity index (χ2v) is 8.94. The molecule has 3 nitrogen and oxygen atoms in total. The summed E-state index contributed by atoms with van der Waals surface area (Å²) in [4.78, 5) is 18.6. The summed E-state index contributed by atoms with van der Waals surface area (Å²) in [5.41, 5.74) is 3.13. The van der Waals surface area contributed by atoms with Crippen molar-refractivity contribution in [2.75, 3.05) is 0 Å². The molecule has 1 aromatic carbocycles. The molecular formula is C17H20N2OS2. The van der Waals surface area contributed by atoms with Crippen molar-refractivity contribution >= 4 is 23.5 Å². The summed E-state index contributed by atoms with van der Waals surface area (Å²) >= 11 is 3.30. The van der Waals surface area contributed by atoms with Crippen LogP contribution in [0, 0.1) is 6.92 Å². The van der Waals surface area contributed by atoms with Crippen LogP contribution in [-0.4, -0.2) is 20.1 Å².